The second kappa shape index (κ2) is 7.55. The van der Waals surface area contributed by atoms with Crippen LogP contribution in [0.4, 0.5) is 0 Å². The molecule has 0 aliphatic carbocycles. The minimum Gasteiger partial charge on any atom is -0.367 e. The third kappa shape index (κ3) is 4.52. The predicted octanol–water partition coefficient (Wildman–Crippen LogP) is 4.24. The quantitative estimate of drug-likeness (QED) is 0.392. The Bertz CT molecular complexity index is 309. The van der Waals surface area contributed by atoms with Crippen LogP contribution in [0.3, 0.4) is 0 Å². The van der Waals surface area contributed by atoms with Crippen molar-refractivity contribution in [3.63, 3.8) is 0 Å². The lowest BCUT2D eigenvalue weighted by Gasteiger charge is -2.39. The molecular weight excluding hydrogens is 284 g/mol. The van der Waals surface area contributed by atoms with Crippen LogP contribution in [0.1, 0.15) is 60.8 Å². The molecule has 0 aromatic heterocycles. The molecule has 0 aromatic carbocycles. The van der Waals surface area contributed by atoms with Crippen molar-refractivity contribution in [2.75, 3.05) is 6.61 Å². The molecule has 126 valence electrons. The lowest BCUT2D eigenvalue weighted by molar-refractivity contribution is -0.304. The number of hydrogen-bond donors (Lipinski definition) is 1. The van der Waals surface area contributed by atoms with Crippen LogP contribution < -0.4 is 0 Å². The molecule has 1 heterocycles. The van der Waals surface area contributed by atoms with Crippen LogP contribution in [0.15, 0.2) is 0 Å². The maximum Gasteiger partial charge on any atom is 0.238 e. The van der Waals surface area contributed by atoms with Crippen molar-refractivity contribution < 1.29 is 19.3 Å². The van der Waals surface area contributed by atoms with Crippen molar-refractivity contribution in [2.24, 2.45) is 5.41 Å². The second-order valence-corrected chi connectivity index (χ2v) is 11.7. The van der Waals surface area contributed by atoms with E-state index in [9.17, 15) is 5.11 Å². The first-order chi connectivity index (χ1) is 9.78. The first-order valence-electron chi connectivity index (χ1n) is 8.45. The number of rotatable bonds is 9. The summed E-state index contributed by atoms with van der Waals surface area (Å²) in [4.78, 5) is 5.90. The Balaban J connectivity index is 2.68. The summed E-state index contributed by atoms with van der Waals surface area (Å²) in [5.74, 6) is 0. The highest BCUT2D eigenvalue weighted by atomic mass is 28.4. The van der Waals surface area contributed by atoms with Gasteiger partial charge in [0, 0.05) is 5.41 Å². The molecule has 0 saturated carbocycles. The Morgan fingerprint density at radius 1 is 1.19 bits per heavy atom. The van der Waals surface area contributed by atoms with E-state index >= 15 is 0 Å². The largest absolute Gasteiger partial charge is 0.367 e. The monoisotopic (exact) mass is 318 g/mol. The maximum atomic E-state index is 10.2. The molecule has 1 fully saturated rings. The molecule has 5 heteroatoms. The Hall–Kier alpha value is 0.0569. The van der Waals surface area contributed by atoms with E-state index in [0.29, 0.717) is 6.61 Å². The molecule has 2 atom stereocenters. The average Bonchev–Trinajstić information content (AvgIpc) is 2.82. The minimum atomic E-state index is -1.75. The van der Waals surface area contributed by atoms with Crippen LogP contribution >= 0.6 is 0 Å². The minimum absolute atomic E-state index is 0.207. The number of hydrogen-bond acceptors (Lipinski definition) is 4. The van der Waals surface area contributed by atoms with E-state index in [1.807, 2.05) is 0 Å². The molecule has 21 heavy (non-hydrogen) atoms. The van der Waals surface area contributed by atoms with Gasteiger partial charge >= 0.3 is 0 Å². The van der Waals surface area contributed by atoms with E-state index in [2.05, 4.69) is 41.5 Å². The van der Waals surface area contributed by atoms with Crippen LogP contribution in [-0.2, 0) is 14.2 Å². The van der Waals surface area contributed by atoms with E-state index in [0.717, 1.165) is 37.4 Å². The van der Waals surface area contributed by atoms with Crippen molar-refractivity contribution >= 4 is 8.32 Å². The van der Waals surface area contributed by atoms with Gasteiger partial charge in [-0.05, 0) is 51.2 Å². The van der Waals surface area contributed by atoms with Gasteiger partial charge in [-0.25, -0.2) is 4.89 Å². The van der Waals surface area contributed by atoms with Crippen molar-refractivity contribution in [3.05, 3.63) is 0 Å². The first kappa shape index (κ1) is 19.1. The van der Waals surface area contributed by atoms with Gasteiger partial charge in [0.1, 0.15) is 0 Å². The molecule has 0 aromatic rings. The Morgan fingerprint density at radius 2 is 1.76 bits per heavy atom. The van der Waals surface area contributed by atoms with Crippen LogP contribution in [0, 0.1) is 5.41 Å². The molecule has 1 aliphatic heterocycles. The van der Waals surface area contributed by atoms with Gasteiger partial charge in [0.05, 0.1) is 12.2 Å². The summed E-state index contributed by atoms with van der Waals surface area (Å²) in [6.45, 7) is 13.4. The smallest absolute Gasteiger partial charge is 0.238 e. The molecule has 0 spiro atoms. The van der Waals surface area contributed by atoms with Gasteiger partial charge in [0.2, 0.25) is 8.32 Å². The summed E-state index contributed by atoms with van der Waals surface area (Å²) in [5.41, 5.74) is -0.621. The maximum absolute atomic E-state index is 10.2. The molecule has 1 aliphatic rings. The third-order valence-electron chi connectivity index (χ3n) is 5.26. The molecule has 1 N–H and O–H groups in total. The highest BCUT2D eigenvalue weighted by Crippen LogP contribution is 2.44. The summed E-state index contributed by atoms with van der Waals surface area (Å²) >= 11 is 0. The first-order valence-corrected chi connectivity index (χ1v) is 11.0. The number of aliphatic hydroxyl groups excluding tert-OH is 1. The zero-order chi connectivity index (χ0) is 16.1. The summed E-state index contributed by atoms with van der Waals surface area (Å²) in [7, 11) is -1.75. The van der Waals surface area contributed by atoms with Gasteiger partial charge in [-0.3, -0.25) is 4.58 Å². The predicted molar refractivity (Wildman–Crippen MR) is 87.4 cm³/mol. The van der Waals surface area contributed by atoms with Crippen molar-refractivity contribution in [2.45, 2.75) is 90.8 Å². The molecule has 0 radical (unpaired) electrons. The van der Waals surface area contributed by atoms with Gasteiger partial charge in [-0.15, -0.1) is 0 Å². The SMILES string of the molecule is CC[C@]1(CC(C)(C)OO[Si](CC)(CC)CC)CCO[C@@H]1O. The highest BCUT2D eigenvalue weighted by Gasteiger charge is 2.46. The lowest BCUT2D eigenvalue weighted by atomic mass is 9.74. The molecule has 0 unspecified atom stereocenters. The van der Waals surface area contributed by atoms with Gasteiger partial charge in [-0.1, -0.05) is 27.7 Å². The summed E-state index contributed by atoms with van der Waals surface area (Å²) in [6, 6.07) is 3.21. The summed E-state index contributed by atoms with van der Waals surface area (Å²) < 4.78 is 11.4. The Labute approximate surface area is 131 Å². The number of aliphatic hydroxyl groups is 1. The highest BCUT2D eigenvalue weighted by molar-refractivity contribution is 6.73. The standard InChI is InChI=1S/C16H34O4Si/c1-7-16(11-12-18-14(16)17)13-15(5,6)19-20-21(8-2,9-3)10-4/h14,17H,7-13H2,1-6H3/t14-,16+/m0/s1. The third-order valence-corrected chi connectivity index (χ3v) is 9.56. The average molecular weight is 319 g/mol. The van der Waals surface area contributed by atoms with Gasteiger partial charge in [0.15, 0.2) is 6.29 Å². The Morgan fingerprint density at radius 3 is 2.14 bits per heavy atom. The number of ether oxygens (including phenoxy) is 1. The zero-order valence-corrected chi connectivity index (χ0v) is 15.7. The molecular formula is C16H34O4Si. The molecule has 1 saturated heterocycles. The molecule has 0 amide bonds. The van der Waals surface area contributed by atoms with E-state index < -0.39 is 20.2 Å². The summed E-state index contributed by atoms with van der Waals surface area (Å²) in [5, 5.41) is 10.2. The fourth-order valence-corrected chi connectivity index (χ4v) is 5.59. The second-order valence-electron chi connectivity index (χ2n) is 7.04. The van der Waals surface area contributed by atoms with Crippen LogP contribution in [0.25, 0.3) is 0 Å². The van der Waals surface area contributed by atoms with E-state index in [4.69, 9.17) is 14.2 Å². The van der Waals surface area contributed by atoms with Crippen molar-refractivity contribution in [3.8, 4) is 0 Å². The van der Waals surface area contributed by atoms with Crippen LogP contribution in [0.2, 0.25) is 18.1 Å². The van der Waals surface area contributed by atoms with Gasteiger partial charge < -0.3 is 9.84 Å². The van der Waals surface area contributed by atoms with Gasteiger partial charge in [0.25, 0.3) is 0 Å². The molecule has 4 nitrogen and oxygen atoms in total. The van der Waals surface area contributed by atoms with E-state index in [1.54, 1.807) is 0 Å². The van der Waals surface area contributed by atoms with Gasteiger partial charge in [-0.2, -0.15) is 0 Å². The van der Waals surface area contributed by atoms with E-state index in [1.165, 1.54) is 0 Å². The normalized spacial score (nSPS) is 27.3. The van der Waals surface area contributed by atoms with Crippen LogP contribution in [0.5, 0.6) is 0 Å². The lowest BCUT2D eigenvalue weighted by Crippen LogP contribution is -2.43. The van der Waals surface area contributed by atoms with Crippen LogP contribution in [-0.4, -0.2) is 31.9 Å². The molecule has 0 bridgehead atoms. The fourth-order valence-electron chi connectivity index (χ4n) is 3.33. The van der Waals surface area contributed by atoms with E-state index in [-0.39, 0.29) is 5.41 Å². The van der Waals surface area contributed by atoms with Crippen molar-refractivity contribution in [1.82, 2.24) is 0 Å². The Kier molecular flexibility index (Phi) is 6.87. The topological polar surface area (TPSA) is 47.9 Å². The molecule has 1 rings (SSSR count). The van der Waals surface area contributed by atoms with Crippen molar-refractivity contribution in [1.29, 1.82) is 0 Å². The zero-order valence-electron chi connectivity index (χ0n) is 14.7. The fraction of sp³-hybridized carbons (Fsp3) is 1.00. The summed E-state index contributed by atoms with van der Waals surface area (Å²) in [6.07, 6.45) is 1.84.